The summed E-state index contributed by atoms with van der Waals surface area (Å²) in [5, 5.41) is 14.0. The number of likely N-dealkylation sites (N-methyl/N-ethyl adjacent to an activating group) is 1. The van der Waals surface area contributed by atoms with Gasteiger partial charge in [-0.2, -0.15) is 10.4 Å². The first-order chi connectivity index (χ1) is 17.2. The summed E-state index contributed by atoms with van der Waals surface area (Å²) in [7, 11) is 0. The normalized spacial score (nSPS) is 13.5. The van der Waals surface area contributed by atoms with Crippen LogP contribution in [0.5, 0.6) is 11.5 Å². The van der Waals surface area contributed by atoms with E-state index in [1.165, 1.54) is 35.4 Å². The number of carbonyl (C=O) groups excluding carboxylic acids is 1. The predicted octanol–water partition coefficient (Wildman–Crippen LogP) is 4.21. The first-order valence-electron chi connectivity index (χ1n) is 10.9. The van der Waals surface area contributed by atoms with E-state index < -0.39 is 24.3 Å². The molecule has 0 radical (unpaired) electrons. The molecule has 0 saturated heterocycles. The van der Waals surface area contributed by atoms with Gasteiger partial charge in [0.15, 0.2) is 17.1 Å². The van der Waals surface area contributed by atoms with E-state index in [2.05, 4.69) is 20.6 Å². The minimum absolute atomic E-state index is 0.143. The Hall–Kier alpha value is -4.72. The molecule has 0 saturated carbocycles. The monoisotopic (exact) mass is 492 g/mol. The summed E-state index contributed by atoms with van der Waals surface area (Å²) in [6.45, 7) is 3.29. The Labute approximate surface area is 202 Å². The van der Waals surface area contributed by atoms with Crippen molar-refractivity contribution in [2.24, 2.45) is 0 Å². The highest BCUT2D eigenvalue weighted by Crippen LogP contribution is 2.42. The molecule has 1 aliphatic rings. The molecular weight excluding hydrogens is 474 g/mol. The molecule has 1 aliphatic heterocycles. The number of carbonyl (C=O) groups is 1. The number of alkyl halides is 2. The average Bonchev–Trinajstić information content (AvgIpc) is 3.44. The van der Waals surface area contributed by atoms with Gasteiger partial charge in [-0.25, -0.2) is 4.68 Å². The Morgan fingerprint density at radius 2 is 1.94 bits per heavy atom. The predicted molar refractivity (Wildman–Crippen MR) is 124 cm³/mol. The number of aryl methyl sites for hydroxylation is 1. The molecule has 5 rings (SSSR count). The molecule has 0 N–H and O–H groups in total. The number of ether oxygens (including phenoxy) is 2. The molecule has 0 atom stereocenters. The van der Waals surface area contributed by atoms with E-state index in [1.54, 1.807) is 25.1 Å². The Bertz CT molecular complexity index is 1620. The van der Waals surface area contributed by atoms with Crippen LogP contribution in [0.2, 0.25) is 0 Å². The third-order valence-corrected chi connectivity index (χ3v) is 5.64. The quantitative estimate of drug-likeness (QED) is 0.410. The van der Waals surface area contributed by atoms with Crippen LogP contribution in [0.1, 0.15) is 18.1 Å². The van der Waals surface area contributed by atoms with E-state index in [-0.39, 0.29) is 34.7 Å². The van der Waals surface area contributed by atoms with E-state index in [4.69, 9.17) is 4.42 Å². The van der Waals surface area contributed by atoms with Crippen molar-refractivity contribution in [3.8, 4) is 28.8 Å². The lowest BCUT2D eigenvalue weighted by molar-refractivity contribution is -0.286. The van der Waals surface area contributed by atoms with E-state index in [1.807, 2.05) is 6.92 Å². The molecule has 182 valence electrons. The average molecular weight is 492 g/mol. The van der Waals surface area contributed by atoms with Gasteiger partial charge < -0.3 is 18.8 Å². The fourth-order valence-corrected chi connectivity index (χ4v) is 4.11. The second kappa shape index (κ2) is 8.49. The van der Waals surface area contributed by atoms with Crippen molar-refractivity contribution in [1.82, 2.24) is 9.78 Å². The first-order valence-corrected chi connectivity index (χ1v) is 10.9. The molecule has 0 bridgehead atoms. The fraction of sp³-hybridized carbons (Fsp3) is 0.200. The number of fused-ring (bicyclic) bond motifs is 2. The van der Waals surface area contributed by atoms with Crippen molar-refractivity contribution in [3.05, 3.63) is 70.2 Å². The van der Waals surface area contributed by atoms with E-state index >= 15 is 0 Å². The molecular formula is C25H18F2N4O5. The smallest absolute Gasteiger partial charge is 0.462 e. The van der Waals surface area contributed by atoms with Crippen molar-refractivity contribution in [2.45, 2.75) is 26.7 Å². The van der Waals surface area contributed by atoms with Crippen LogP contribution in [0.3, 0.4) is 0 Å². The van der Waals surface area contributed by atoms with Crippen LogP contribution in [-0.4, -0.2) is 28.5 Å². The van der Waals surface area contributed by atoms with Crippen LogP contribution in [0.15, 0.2) is 57.9 Å². The lowest BCUT2D eigenvalue weighted by Gasteiger charge is -2.21. The van der Waals surface area contributed by atoms with Gasteiger partial charge in [-0.3, -0.25) is 9.59 Å². The molecule has 2 aromatic carbocycles. The fourth-order valence-electron chi connectivity index (χ4n) is 4.11. The van der Waals surface area contributed by atoms with Gasteiger partial charge in [0.1, 0.15) is 12.2 Å². The highest BCUT2D eigenvalue weighted by Gasteiger charge is 2.43. The zero-order chi connectivity index (χ0) is 25.6. The maximum atomic E-state index is 13.4. The van der Waals surface area contributed by atoms with Crippen molar-refractivity contribution in [3.63, 3.8) is 0 Å². The lowest BCUT2D eigenvalue weighted by atomic mass is 10.0. The molecule has 0 fully saturated rings. The summed E-state index contributed by atoms with van der Waals surface area (Å²) >= 11 is 0. The first kappa shape index (κ1) is 23.0. The van der Waals surface area contributed by atoms with Crippen LogP contribution < -0.4 is 19.9 Å². The van der Waals surface area contributed by atoms with Gasteiger partial charge in [0, 0.05) is 23.9 Å². The number of amides is 1. The van der Waals surface area contributed by atoms with E-state index in [9.17, 15) is 23.6 Å². The largest absolute Gasteiger partial charge is 0.586 e. The number of aromatic nitrogens is 2. The Morgan fingerprint density at radius 1 is 1.17 bits per heavy atom. The van der Waals surface area contributed by atoms with Crippen LogP contribution in [0, 0.1) is 18.3 Å². The lowest BCUT2D eigenvalue weighted by Crippen LogP contribution is -2.37. The highest BCUT2D eigenvalue weighted by atomic mass is 19.3. The van der Waals surface area contributed by atoms with Crippen molar-refractivity contribution in [2.75, 3.05) is 11.4 Å². The van der Waals surface area contributed by atoms with Crippen LogP contribution in [0.4, 0.5) is 14.5 Å². The summed E-state index contributed by atoms with van der Waals surface area (Å²) in [4.78, 5) is 27.6. The number of furan rings is 1. The number of rotatable bonds is 5. The van der Waals surface area contributed by atoms with Crippen LogP contribution in [-0.2, 0) is 11.3 Å². The number of benzene rings is 2. The zero-order valence-corrected chi connectivity index (χ0v) is 19.1. The van der Waals surface area contributed by atoms with Crippen molar-refractivity contribution >= 4 is 22.6 Å². The van der Waals surface area contributed by atoms with Gasteiger partial charge in [-0.1, -0.05) is 0 Å². The highest BCUT2D eigenvalue weighted by molar-refractivity contribution is 5.94. The topological polar surface area (TPSA) is 111 Å². The number of hydrogen-bond acceptors (Lipinski definition) is 7. The minimum atomic E-state index is -3.78. The third kappa shape index (κ3) is 4.02. The van der Waals surface area contributed by atoms with Crippen molar-refractivity contribution in [1.29, 1.82) is 5.26 Å². The molecule has 3 heterocycles. The summed E-state index contributed by atoms with van der Waals surface area (Å²) < 4.78 is 42.2. The summed E-state index contributed by atoms with van der Waals surface area (Å²) in [6, 6.07) is 12.7. The summed E-state index contributed by atoms with van der Waals surface area (Å²) in [6.07, 6.45) is -2.43. The van der Waals surface area contributed by atoms with E-state index in [0.717, 1.165) is 10.2 Å². The zero-order valence-electron chi connectivity index (χ0n) is 19.1. The van der Waals surface area contributed by atoms with E-state index in [0.29, 0.717) is 16.8 Å². The number of anilines is 1. The van der Waals surface area contributed by atoms with Gasteiger partial charge in [-0.15, -0.1) is 8.78 Å². The number of hydrogen-bond donors (Lipinski definition) is 0. The molecule has 0 spiro atoms. The standard InChI is InChI=1S/C25H18F2N4O5/c1-3-30(17-4-5-19-20(11-17)36-25(26,27)35-19)21(32)13-31-24(33)18-6-7-34-23(18)22(29-31)16-9-14(2)8-15(10-16)12-28/h4-11H,3,13H2,1-2H3. The summed E-state index contributed by atoms with van der Waals surface area (Å²) in [5.74, 6) is -0.850. The van der Waals surface area contributed by atoms with Crippen molar-refractivity contribution < 1.29 is 27.5 Å². The molecule has 36 heavy (non-hydrogen) atoms. The van der Waals surface area contributed by atoms with Crippen LogP contribution >= 0.6 is 0 Å². The van der Waals surface area contributed by atoms with Gasteiger partial charge in [0.05, 0.1) is 23.3 Å². The van der Waals surface area contributed by atoms with Gasteiger partial charge in [-0.05, 0) is 55.8 Å². The molecule has 9 nitrogen and oxygen atoms in total. The molecule has 0 aliphatic carbocycles. The minimum Gasteiger partial charge on any atom is -0.462 e. The second-order valence-electron chi connectivity index (χ2n) is 8.11. The Morgan fingerprint density at radius 3 is 2.69 bits per heavy atom. The third-order valence-electron chi connectivity index (χ3n) is 5.64. The molecule has 11 heteroatoms. The van der Waals surface area contributed by atoms with Gasteiger partial charge in [0.25, 0.3) is 5.56 Å². The molecule has 0 unspecified atom stereocenters. The Balaban J connectivity index is 1.52. The maximum absolute atomic E-state index is 13.4. The number of nitrogens with zero attached hydrogens (tertiary/aromatic N) is 4. The number of halogens is 2. The number of nitriles is 1. The van der Waals surface area contributed by atoms with Gasteiger partial charge in [0.2, 0.25) is 5.91 Å². The molecule has 2 aromatic heterocycles. The molecule has 1 amide bonds. The second-order valence-corrected chi connectivity index (χ2v) is 8.11. The maximum Gasteiger partial charge on any atom is 0.586 e. The Kier molecular flexibility index (Phi) is 5.44. The summed E-state index contributed by atoms with van der Waals surface area (Å²) in [5.41, 5.74) is 2.06. The van der Waals surface area contributed by atoms with Gasteiger partial charge >= 0.3 is 6.29 Å². The molecule has 4 aromatic rings. The SMILES string of the molecule is CCN(C(=O)Cn1nc(-c2cc(C)cc(C#N)c2)c2occc2c1=O)c1ccc2c(c1)OC(F)(F)O2. The van der Waals surface area contributed by atoms with Crippen LogP contribution in [0.25, 0.3) is 22.2 Å².